The third-order valence-corrected chi connectivity index (χ3v) is 6.22. The van der Waals surface area contributed by atoms with Gasteiger partial charge in [-0.25, -0.2) is 0 Å². The van der Waals surface area contributed by atoms with Gasteiger partial charge in [-0.3, -0.25) is 9.59 Å². The van der Waals surface area contributed by atoms with Crippen LogP contribution in [-0.2, 0) is 6.42 Å². The molecule has 1 aliphatic heterocycles. The molecule has 6 heteroatoms. The number of hydrogen-bond donors (Lipinski definition) is 2. The van der Waals surface area contributed by atoms with E-state index >= 15 is 0 Å². The predicted molar refractivity (Wildman–Crippen MR) is 98.9 cm³/mol. The summed E-state index contributed by atoms with van der Waals surface area (Å²) in [6.45, 7) is 2.19. The zero-order valence-electron chi connectivity index (χ0n) is 14.5. The molecular weight excluding hydrogens is 350 g/mol. The number of Topliss-reactive ketones (excluding diaryl/α,β-unsaturated/α-hetero) is 1. The zero-order valence-corrected chi connectivity index (χ0v) is 15.3. The minimum Gasteiger partial charge on any atom is -0.493 e. The number of benzene rings is 1. The Bertz CT molecular complexity index is 853. The van der Waals surface area contributed by atoms with Gasteiger partial charge in [0.2, 0.25) is 0 Å². The van der Waals surface area contributed by atoms with E-state index in [0.717, 1.165) is 23.3 Å². The highest BCUT2D eigenvalue weighted by Crippen LogP contribution is 2.40. The fraction of sp³-hybridized carbons (Fsp3) is 0.400. The number of carbonyl (C=O) groups excluding carboxylic acids is 2. The van der Waals surface area contributed by atoms with Gasteiger partial charge >= 0.3 is 0 Å². The van der Waals surface area contributed by atoms with Crippen molar-refractivity contribution in [2.24, 2.45) is 5.92 Å². The summed E-state index contributed by atoms with van der Waals surface area (Å²) in [7, 11) is 0. The van der Waals surface area contributed by atoms with Crippen molar-refractivity contribution < 1.29 is 19.4 Å². The van der Waals surface area contributed by atoms with Gasteiger partial charge in [0.1, 0.15) is 5.75 Å². The topological polar surface area (TPSA) is 75.6 Å². The van der Waals surface area contributed by atoms with Gasteiger partial charge in [-0.15, -0.1) is 11.3 Å². The summed E-state index contributed by atoms with van der Waals surface area (Å²) in [6, 6.07) is 7.55. The summed E-state index contributed by atoms with van der Waals surface area (Å²) in [5.41, 5.74) is 2.71. The molecule has 1 aromatic carbocycles. The molecule has 1 atom stereocenters. The molecule has 0 bridgehead atoms. The number of amides is 1. The highest BCUT2D eigenvalue weighted by molar-refractivity contribution is 7.12. The molecule has 0 spiro atoms. The molecule has 1 saturated carbocycles. The van der Waals surface area contributed by atoms with Crippen molar-refractivity contribution >= 4 is 23.0 Å². The van der Waals surface area contributed by atoms with Crippen LogP contribution in [0.2, 0.25) is 0 Å². The van der Waals surface area contributed by atoms with Crippen molar-refractivity contribution in [1.29, 1.82) is 0 Å². The number of ether oxygens (including phenoxy) is 1. The molecule has 0 unspecified atom stereocenters. The highest BCUT2D eigenvalue weighted by atomic mass is 32.1. The second-order valence-corrected chi connectivity index (χ2v) is 7.97. The first kappa shape index (κ1) is 17.2. The van der Waals surface area contributed by atoms with E-state index < -0.39 is 0 Å². The number of nitrogens with one attached hydrogen (secondary N) is 1. The fourth-order valence-electron chi connectivity index (χ4n) is 3.64. The smallest absolute Gasteiger partial charge is 0.252 e. The Labute approximate surface area is 156 Å². The van der Waals surface area contributed by atoms with Gasteiger partial charge in [0.15, 0.2) is 5.78 Å². The standard InChI is InChI=1S/C20H21NO4S/c1-11(22)18-9-15(10-26-18)20(24)21-19(14-7-16(23)8-14)13-2-3-17-12(6-13)4-5-25-17/h2-3,6,9-10,14,16,19,23H,4-5,7-8H2,1H3,(H,21,24)/t14?,16?,19-/m1/s1. The maximum Gasteiger partial charge on any atom is 0.252 e. The predicted octanol–water partition coefficient (Wildman–Crippen LogP) is 3.13. The minimum atomic E-state index is -0.289. The third kappa shape index (κ3) is 3.27. The number of aliphatic hydroxyl groups is 1. The van der Waals surface area contributed by atoms with Crippen LogP contribution in [-0.4, -0.2) is 29.5 Å². The van der Waals surface area contributed by atoms with Crippen LogP contribution in [0, 0.1) is 5.92 Å². The number of aliphatic hydroxyl groups excluding tert-OH is 1. The molecule has 2 N–H and O–H groups in total. The van der Waals surface area contributed by atoms with E-state index in [0.29, 0.717) is 29.9 Å². The van der Waals surface area contributed by atoms with Gasteiger partial charge in [0, 0.05) is 11.8 Å². The van der Waals surface area contributed by atoms with Crippen molar-refractivity contribution in [3.05, 3.63) is 51.2 Å². The number of rotatable bonds is 5. The maximum atomic E-state index is 12.7. The molecule has 0 radical (unpaired) electrons. The number of hydrogen-bond acceptors (Lipinski definition) is 5. The Kier molecular flexibility index (Phi) is 4.54. The lowest BCUT2D eigenvalue weighted by Crippen LogP contribution is -2.41. The lowest BCUT2D eigenvalue weighted by Gasteiger charge is -2.38. The van der Waals surface area contributed by atoms with Gasteiger partial charge in [-0.1, -0.05) is 6.07 Å². The summed E-state index contributed by atoms with van der Waals surface area (Å²) < 4.78 is 5.57. The number of ketones is 1. The lowest BCUT2D eigenvalue weighted by atomic mass is 9.74. The molecule has 1 aliphatic carbocycles. The van der Waals surface area contributed by atoms with Crippen molar-refractivity contribution in [3.8, 4) is 5.75 Å². The molecule has 5 nitrogen and oxygen atoms in total. The minimum absolute atomic E-state index is 0.0358. The SMILES string of the molecule is CC(=O)c1cc(C(=O)N[C@H](c2ccc3c(c2)CCO3)C2CC(O)C2)cs1. The molecule has 2 aromatic rings. The summed E-state index contributed by atoms with van der Waals surface area (Å²) in [5.74, 6) is 0.903. The van der Waals surface area contributed by atoms with Crippen LogP contribution < -0.4 is 10.1 Å². The Morgan fingerprint density at radius 2 is 2.12 bits per heavy atom. The average molecular weight is 371 g/mol. The molecule has 2 heterocycles. The first-order valence-electron chi connectivity index (χ1n) is 8.85. The molecule has 4 rings (SSSR count). The molecular formula is C20H21NO4S. The number of thiophene rings is 1. The first-order valence-corrected chi connectivity index (χ1v) is 9.73. The normalized spacial score (nSPS) is 22.1. The molecule has 136 valence electrons. The van der Waals surface area contributed by atoms with E-state index in [1.54, 1.807) is 11.4 Å². The zero-order chi connectivity index (χ0) is 18.3. The number of carbonyl (C=O) groups is 2. The van der Waals surface area contributed by atoms with E-state index in [1.807, 2.05) is 12.1 Å². The van der Waals surface area contributed by atoms with Crippen molar-refractivity contribution in [2.45, 2.75) is 38.3 Å². The van der Waals surface area contributed by atoms with Crippen molar-refractivity contribution in [1.82, 2.24) is 5.32 Å². The van der Waals surface area contributed by atoms with Crippen LogP contribution in [0.1, 0.15) is 57.0 Å². The second kappa shape index (κ2) is 6.85. The van der Waals surface area contributed by atoms with E-state index in [-0.39, 0.29) is 29.8 Å². The van der Waals surface area contributed by atoms with Crippen LogP contribution >= 0.6 is 11.3 Å². The Morgan fingerprint density at radius 1 is 1.31 bits per heavy atom. The van der Waals surface area contributed by atoms with E-state index in [9.17, 15) is 14.7 Å². The summed E-state index contributed by atoms with van der Waals surface area (Å²) in [6.07, 6.45) is 1.95. The highest BCUT2D eigenvalue weighted by Gasteiger charge is 2.36. The molecule has 26 heavy (non-hydrogen) atoms. The lowest BCUT2D eigenvalue weighted by molar-refractivity contribution is 0.0235. The average Bonchev–Trinajstić information content (AvgIpc) is 3.25. The maximum absolute atomic E-state index is 12.7. The van der Waals surface area contributed by atoms with Crippen LogP contribution in [0.5, 0.6) is 5.75 Å². The molecule has 1 amide bonds. The molecule has 2 aliphatic rings. The fourth-order valence-corrected chi connectivity index (χ4v) is 4.43. The molecule has 1 aromatic heterocycles. The van der Waals surface area contributed by atoms with Crippen molar-refractivity contribution in [2.75, 3.05) is 6.61 Å². The van der Waals surface area contributed by atoms with Gasteiger partial charge in [-0.2, -0.15) is 0 Å². The van der Waals surface area contributed by atoms with E-state index in [4.69, 9.17) is 4.74 Å². The van der Waals surface area contributed by atoms with Gasteiger partial charge in [0.25, 0.3) is 5.91 Å². The first-order chi connectivity index (χ1) is 12.5. The molecule has 1 fully saturated rings. The molecule has 0 saturated heterocycles. The van der Waals surface area contributed by atoms with Crippen LogP contribution in [0.3, 0.4) is 0 Å². The van der Waals surface area contributed by atoms with Crippen LogP contribution in [0.25, 0.3) is 0 Å². The second-order valence-electron chi connectivity index (χ2n) is 7.06. The van der Waals surface area contributed by atoms with E-state index in [1.165, 1.54) is 18.3 Å². The summed E-state index contributed by atoms with van der Waals surface area (Å²) in [5, 5.41) is 14.6. The van der Waals surface area contributed by atoms with Crippen molar-refractivity contribution in [3.63, 3.8) is 0 Å². The Balaban J connectivity index is 1.57. The number of fused-ring (bicyclic) bond motifs is 1. The summed E-state index contributed by atoms with van der Waals surface area (Å²) >= 11 is 1.29. The monoisotopic (exact) mass is 371 g/mol. The van der Waals surface area contributed by atoms with E-state index in [2.05, 4.69) is 11.4 Å². The van der Waals surface area contributed by atoms with Crippen LogP contribution in [0.15, 0.2) is 29.6 Å². The van der Waals surface area contributed by atoms with Crippen LogP contribution in [0.4, 0.5) is 0 Å². The Hall–Kier alpha value is -2.18. The quantitative estimate of drug-likeness (QED) is 0.792. The largest absolute Gasteiger partial charge is 0.493 e. The van der Waals surface area contributed by atoms with Gasteiger partial charge in [0.05, 0.1) is 29.2 Å². The van der Waals surface area contributed by atoms with Gasteiger partial charge in [-0.05, 0) is 55.0 Å². The van der Waals surface area contributed by atoms with Gasteiger partial charge < -0.3 is 15.2 Å². The third-order valence-electron chi connectivity index (χ3n) is 5.19. The Morgan fingerprint density at radius 3 is 2.81 bits per heavy atom. The summed E-state index contributed by atoms with van der Waals surface area (Å²) in [4.78, 5) is 24.8.